The van der Waals surface area contributed by atoms with Crippen LogP contribution in [0.3, 0.4) is 0 Å². The number of allylic oxidation sites excluding steroid dienone is 1. The van der Waals surface area contributed by atoms with Gasteiger partial charge in [-0.3, -0.25) is 0 Å². The van der Waals surface area contributed by atoms with Gasteiger partial charge < -0.3 is 19.7 Å². The number of ether oxygens (including phenoxy) is 2. The summed E-state index contributed by atoms with van der Waals surface area (Å²) in [4.78, 5) is 24.4. The predicted octanol–water partition coefficient (Wildman–Crippen LogP) is 1.98. The standard InChI is InChI=1S/C20H26O6/c1-5-12(3)19(23)25-17-9-14(10-21)8-15(22)6-11(2)7-16-18(17)13(4)20(24)26-16/h5,7-8,15-18,21-22H,4,6,9-10H2,1-3H3/b11-7-,12-5+,14-8+/t15-,16+,17+,18-/m0/s1. The van der Waals surface area contributed by atoms with Crippen LogP contribution in [0.15, 0.2) is 47.1 Å². The third kappa shape index (κ3) is 4.51. The summed E-state index contributed by atoms with van der Waals surface area (Å²) in [5, 5.41) is 19.8. The van der Waals surface area contributed by atoms with Crippen molar-refractivity contribution < 1.29 is 29.3 Å². The number of carbonyl (C=O) groups is 2. The van der Waals surface area contributed by atoms with Gasteiger partial charge in [0, 0.05) is 17.6 Å². The highest BCUT2D eigenvalue weighted by atomic mass is 16.6. The van der Waals surface area contributed by atoms with Crippen molar-refractivity contribution in [3.8, 4) is 0 Å². The molecular weight excluding hydrogens is 336 g/mol. The number of aliphatic hydroxyl groups is 2. The van der Waals surface area contributed by atoms with E-state index >= 15 is 0 Å². The average Bonchev–Trinajstić information content (AvgIpc) is 2.85. The smallest absolute Gasteiger partial charge is 0.334 e. The minimum absolute atomic E-state index is 0.181. The first-order valence-electron chi connectivity index (χ1n) is 8.66. The van der Waals surface area contributed by atoms with E-state index in [1.54, 1.807) is 32.1 Å². The van der Waals surface area contributed by atoms with Crippen molar-refractivity contribution in [2.45, 2.75) is 51.9 Å². The van der Waals surface area contributed by atoms with Crippen molar-refractivity contribution in [1.29, 1.82) is 0 Å². The van der Waals surface area contributed by atoms with Crippen molar-refractivity contribution in [2.75, 3.05) is 6.61 Å². The molecule has 2 aliphatic rings. The highest BCUT2D eigenvalue weighted by molar-refractivity contribution is 5.92. The Morgan fingerprint density at radius 2 is 2.12 bits per heavy atom. The molecule has 0 aromatic heterocycles. The lowest BCUT2D eigenvalue weighted by Crippen LogP contribution is -2.34. The highest BCUT2D eigenvalue weighted by Gasteiger charge is 2.44. The fourth-order valence-corrected chi connectivity index (χ4v) is 3.22. The maximum atomic E-state index is 12.3. The van der Waals surface area contributed by atoms with Crippen LogP contribution in [0, 0.1) is 5.92 Å². The molecule has 26 heavy (non-hydrogen) atoms. The summed E-state index contributed by atoms with van der Waals surface area (Å²) in [6.07, 6.45) is 3.38. The average molecular weight is 362 g/mol. The molecule has 1 saturated heterocycles. The van der Waals surface area contributed by atoms with Gasteiger partial charge in [0.2, 0.25) is 0 Å². The maximum Gasteiger partial charge on any atom is 0.334 e. The van der Waals surface area contributed by atoms with Crippen molar-refractivity contribution in [1.82, 2.24) is 0 Å². The third-order valence-electron chi connectivity index (χ3n) is 4.75. The first-order valence-corrected chi connectivity index (χ1v) is 8.66. The van der Waals surface area contributed by atoms with Gasteiger partial charge in [-0.15, -0.1) is 0 Å². The van der Waals surface area contributed by atoms with E-state index in [-0.39, 0.29) is 18.6 Å². The SMILES string of the molecule is C=C1C(=O)O[C@@H]2/C=C(/C)C[C@H](O)/C=C(/CO)C[C@@H](OC(=O)/C(C)=C/C)[C@@H]12. The first kappa shape index (κ1) is 20.1. The van der Waals surface area contributed by atoms with E-state index in [0.29, 0.717) is 17.6 Å². The molecule has 0 bridgehead atoms. The van der Waals surface area contributed by atoms with Gasteiger partial charge in [-0.05, 0) is 38.8 Å². The Morgan fingerprint density at radius 1 is 1.42 bits per heavy atom. The lowest BCUT2D eigenvalue weighted by molar-refractivity contribution is -0.147. The van der Waals surface area contributed by atoms with Gasteiger partial charge >= 0.3 is 11.9 Å². The molecule has 6 nitrogen and oxygen atoms in total. The monoisotopic (exact) mass is 362 g/mol. The molecule has 0 aromatic carbocycles. The molecule has 1 heterocycles. The summed E-state index contributed by atoms with van der Waals surface area (Å²) in [7, 11) is 0. The molecule has 142 valence electrons. The molecule has 0 amide bonds. The molecular formula is C20H26O6. The Bertz CT molecular complexity index is 684. The lowest BCUT2D eigenvalue weighted by atomic mass is 9.85. The molecule has 0 saturated carbocycles. The third-order valence-corrected chi connectivity index (χ3v) is 4.75. The van der Waals surface area contributed by atoms with Crippen molar-refractivity contribution in [3.05, 3.63) is 47.1 Å². The normalized spacial score (nSPS) is 34.1. The molecule has 0 unspecified atom stereocenters. The highest BCUT2D eigenvalue weighted by Crippen LogP contribution is 2.36. The van der Waals surface area contributed by atoms with E-state index in [2.05, 4.69) is 6.58 Å². The van der Waals surface area contributed by atoms with Gasteiger partial charge in [0.15, 0.2) is 0 Å². The Labute approximate surface area is 153 Å². The van der Waals surface area contributed by atoms with Crippen LogP contribution in [-0.4, -0.2) is 47.1 Å². The van der Waals surface area contributed by atoms with Crippen LogP contribution < -0.4 is 0 Å². The summed E-state index contributed by atoms with van der Waals surface area (Å²) in [6, 6.07) is 0. The van der Waals surface area contributed by atoms with Crippen LogP contribution in [0.1, 0.15) is 33.6 Å². The van der Waals surface area contributed by atoms with Gasteiger partial charge in [0.05, 0.1) is 18.6 Å². The summed E-state index contributed by atoms with van der Waals surface area (Å²) >= 11 is 0. The van der Waals surface area contributed by atoms with E-state index in [9.17, 15) is 19.8 Å². The molecule has 0 radical (unpaired) electrons. The van der Waals surface area contributed by atoms with E-state index in [1.165, 1.54) is 0 Å². The van der Waals surface area contributed by atoms with Gasteiger partial charge in [0.25, 0.3) is 0 Å². The minimum Gasteiger partial charge on any atom is -0.458 e. The largest absolute Gasteiger partial charge is 0.458 e. The molecule has 0 aromatic rings. The van der Waals surface area contributed by atoms with Gasteiger partial charge in [-0.2, -0.15) is 0 Å². The van der Waals surface area contributed by atoms with Gasteiger partial charge in [-0.25, -0.2) is 9.59 Å². The van der Waals surface area contributed by atoms with E-state index in [1.807, 2.05) is 6.92 Å². The maximum absolute atomic E-state index is 12.3. The van der Waals surface area contributed by atoms with Crippen molar-refractivity contribution in [3.63, 3.8) is 0 Å². The van der Waals surface area contributed by atoms with Gasteiger partial charge in [-0.1, -0.05) is 24.3 Å². The number of carbonyl (C=O) groups excluding carboxylic acids is 2. The molecule has 2 N–H and O–H groups in total. The van der Waals surface area contributed by atoms with Gasteiger partial charge in [0.1, 0.15) is 12.2 Å². The van der Waals surface area contributed by atoms with E-state index in [4.69, 9.17) is 9.47 Å². The van der Waals surface area contributed by atoms with E-state index < -0.39 is 36.2 Å². The van der Waals surface area contributed by atoms with Crippen LogP contribution in [0.2, 0.25) is 0 Å². The van der Waals surface area contributed by atoms with Crippen molar-refractivity contribution >= 4 is 11.9 Å². The summed E-state index contributed by atoms with van der Waals surface area (Å²) in [5.74, 6) is -1.57. The number of aliphatic hydroxyl groups excluding tert-OH is 2. The number of hydrogen-bond donors (Lipinski definition) is 2. The first-order chi connectivity index (χ1) is 12.3. The molecule has 1 aliphatic carbocycles. The summed E-state index contributed by atoms with van der Waals surface area (Å²) in [6.45, 7) is 8.74. The molecule has 2 rings (SSSR count). The van der Waals surface area contributed by atoms with Crippen LogP contribution in [0.25, 0.3) is 0 Å². The quantitative estimate of drug-likeness (QED) is 0.453. The second kappa shape index (κ2) is 8.47. The minimum atomic E-state index is -0.779. The number of hydrogen-bond acceptors (Lipinski definition) is 6. The topological polar surface area (TPSA) is 93.1 Å². The summed E-state index contributed by atoms with van der Waals surface area (Å²) in [5.41, 5.74) is 2.05. The Kier molecular flexibility index (Phi) is 6.56. The zero-order valence-electron chi connectivity index (χ0n) is 15.4. The van der Waals surface area contributed by atoms with Crippen LogP contribution in [0.4, 0.5) is 0 Å². The Morgan fingerprint density at radius 3 is 2.73 bits per heavy atom. The van der Waals surface area contributed by atoms with Crippen molar-refractivity contribution in [2.24, 2.45) is 5.92 Å². The lowest BCUT2D eigenvalue weighted by Gasteiger charge is -2.28. The molecule has 1 aliphatic heterocycles. The zero-order chi connectivity index (χ0) is 19.4. The Balaban J connectivity index is 2.45. The molecule has 4 atom stereocenters. The predicted molar refractivity (Wildman–Crippen MR) is 96.0 cm³/mol. The molecule has 0 spiro atoms. The fraction of sp³-hybridized carbons (Fsp3) is 0.500. The second-order valence-corrected chi connectivity index (χ2v) is 6.81. The Hall–Kier alpha value is -2.18. The molecule has 6 heteroatoms. The summed E-state index contributed by atoms with van der Waals surface area (Å²) < 4.78 is 11.0. The number of fused-ring (bicyclic) bond motifs is 1. The number of esters is 2. The van der Waals surface area contributed by atoms with E-state index in [0.717, 1.165) is 5.57 Å². The zero-order valence-corrected chi connectivity index (χ0v) is 15.4. The fourth-order valence-electron chi connectivity index (χ4n) is 3.22. The van der Waals surface area contributed by atoms with Crippen LogP contribution in [0.5, 0.6) is 0 Å². The van der Waals surface area contributed by atoms with Crippen LogP contribution in [-0.2, 0) is 19.1 Å². The second-order valence-electron chi connectivity index (χ2n) is 6.81. The molecule has 1 fully saturated rings. The van der Waals surface area contributed by atoms with Crippen LogP contribution >= 0.6 is 0 Å². The number of rotatable bonds is 3.